The van der Waals surface area contributed by atoms with Crippen molar-refractivity contribution in [1.82, 2.24) is 5.32 Å². The molecule has 2 unspecified atom stereocenters. The Labute approximate surface area is 106 Å². The van der Waals surface area contributed by atoms with Gasteiger partial charge in [0.25, 0.3) is 0 Å². The van der Waals surface area contributed by atoms with E-state index in [9.17, 15) is 0 Å². The monoisotopic (exact) mass is 238 g/mol. The van der Waals surface area contributed by atoms with Gasteiger partial charge in [0.05, 0.1) is 18.1 Å². The molecule has 0 aromatic rings. The van der Waals surface area contributed by atoms with E-state index in [0.717, 1.165) is 32.4 Å². The smallest absolute Gasteiger partial charge is 0.0672 e. The van der Waals surface area contributed by atoms with Crippen LogP contribution in [0.5, 0.6) is 0 Å². The maximum atomic E-state index is 9.05. The Morgan fingerprint density at radius 1 is 1.29 bits per heavy atom. The predicted molar refractivity (Wildman–Crippen MR) is 69.7 cm³/mol. The minimum Gasteiger partial charge on any atom is -0.379 e. The first kappa shape index (κ1) is 14.5. The van der Waals surface area contributed by atoms with Crippen LogP contribution >= 0.6 is 0 Å². The normalized spacial score (nSPS) is 24.8. The maximum absolute atomic E-state index is 9.05. The van der Waals surface area contributed by atoms with E-state index in [1.165, 1.54) is 19.3 Å². The third-order valence-corrected chi connectivity index (χ3v) is 3.36. The van der Waals surface area contributed by atoms with Gasteiger partial charge in [-0.25, -0.2) is 0 Å². The second-order valence-corrected chi connectivity index (χ2v) is 5.21. The van der Waals surface area contributed by atoms with Crippen LogP contribution in [0.15, 0.2) is 0 Å². The van der Waals surface area contributed by atoms with Crippen LogP contribution < -0.4 is 5.32 Å². The number of nitriles is 1. The molecule has 0 aliphatic heterocycles. The van der Waals surface area contributed by atoms with Crippen LogP contribution in [-0.4, -0.2) is 25.3 Å². The third kappa shape index (κ3) is 6.05. The summed E-state index contributed by atoms with van der Waals surface area (Å²) in [5.74, 6) is 0.232. The number of nitrogens with zero attached hydrogens (tertiary/aromatic N) is 1. The van der Waals surface area contributed by atoms with Crippen molar-refractivity contribution in [3.05, 3.63) is 0 Å². The number of hydrogen-bond acceptors (Lipinski definition) is 3. The molecule has 1 fully saturated rings. The van der Waals surface area contributed by atoms with Gasteiger partial charge in [-0.1, -0.05) is 12.8 Å². The zero-order valence-electron chi connectivity index (χ0n) is 11.2. The fourth-order valence-electron chi connectivity index (χ4n) is 2.36. The first-order chi connectivity index (χ1) is 8.24. The van der Waals surface area contributed by atoms with Crippen LogP contribution in [0.3, 0.4) is 0 Å². The van der Waals surface area contributed by atoms with E-state index >= 15 is 0 Å². The number of ether oxygens (including phenoxy) is 1. The Morgan fingerprint density at radius 2 is 2.06 bits per heavy atom. The van der Waals surface area contributed by atoms with Crippen molar-refractivity contribution in [3.8, 4) is 6.07 Å². The van der Waals surface area contributed by atoms with Crippen molar-refractivity contribution in [1.29, 1.82) is 5.26 Å². The Kier molecular flexibility index (Phi) is 7.23. The molecule has 98 valence electrons. The van der Waals surface area contributed by atoms with Gasteiger partial charge in [0, 0.05) is 12.6 Å². The molecular weight excluding hydrogens is 212 g/mol. The molecule has 0 aromatic carbocycles. The summed E-state index contributed by atoms with van der Waals surface area (Å²) >= 11 is 0. The summed E-state index contributed by atoms with van der Waals surface area (Å²) in [6, 6.07) is 2.86. The van der Waals surface area contributed by atoms with Crippen LogP contribution in [0.25, 0.3) is 0 Å². The van der Waals surface area contributed by atoms with Gasteiger partial charge in [-0.15, -0.1) is 0 Å². The Bertz CT molecular complexity index is 235. The van der Waals surface area contributed by atoms with Gasteiger partial charge < -0.3 is 10.1 Å². The van der Waals surface area contributed by atoms with Gasteiger partial charge in [-0.2, -0.15) is 5.26 Å². The quantitative estimate of drug-likeness (QED) is 0.694. The second kappa shape index (κ2) is 8.49. The van der Waals surface area contributed by atoms with Crippen LogP contribution in [0.4, 0.5) is 0 Å². The number of nitrogens with one attached hydrogen (secondary N) is 1. The zero-order chi connectivity index (χ0) is 12.5. The standard InChI is InChI=1S/C14H26N2O/c1-12(2)17-10-6-5-9-16-14-8-4-3-7-13(14)11-15/h12-14,16H,3-10H2,1-2H3. The van der Waals surface area contributed by atoms with Gasteiger partial charge >= 0.3 is 0 Å². The highest BCUT2D eigenvalue weighted by atomic mass is 16.5. The lowest BCUT2D eigenvalue weighted by Gasteiger charge is -2.27. The lowest BCUT2D eigenvalue weighted by atomic mass is 9.85. The fourth-order valence-corrected chi connectivity index (χ4v) is 2.36. The van der Waals surface area contributed by atoms with E-state index in [-0.39, 0.29) is 5.92 Å². The third-order valence-electron chi connectivity index (χ3n) is 3.36. The van der Waals surface area contributed by atoms with Crippen molar-refractivity contribution in [3.63, 3.8) is 0 Å². The SMILES string of the molecule is CC(C)OCCCCNC1CCCCC1C#N. The summed E-state index contributed by atoms with van der Waals surface area (Å²) in [7, 11) is 0. The summed E-state index contributed by atoms with van der Waals surface area (Å²) in [5.41, 5.74) is 0. The summed E-state index contributed by atoms with van der Waals surface area (Å²) in [4.78, 5) is 0. The average molecular weight is 238 g/mol. The molecule has 3 heteroatoms. The molecule has 17 heavy (non-hydrogen) atoms. The highest BCUT2D eigenvalue weighted by Gasteiger charge is 2.23. The van der Waals surface area contributed by atoms with Crippen molar-refractivity contribution in [2.24, 2.45) is 5.92 Å². The molecular formula is C14H26N2O. The van der Waals surface area contributed by atoms with E-state index in [1.807, 2.05) is 0 Å². The minimum absolute atomic E-state index is 0.232. The van der Waals surface area contributed by atoms with Crippen molar-refractivity contribution in [2.75, 3.05) is 13.2 Å². The Balaban J connectivity index is 2.03. The zero-order valence-corrected chi connectivity index (χ0v) is 11.2. The van der Waals surface area contributed by atoms with E-state index < -0.39 is 0 Å². The molecule has 0 amide bonds. The molecule has 1 aliphatic carbocycles. The van der Waals surface area contributed by atoms with Gasteiger partial charge in [-0.3, -0.25) is 0 Å². The first-order valence-electron chi connectivity index (χ1n) is 6.98. The van der Waals surface area contributed by atoms with Gasteiger partial charge in [-0.05, 0) is 46.1 Å². The molecule has 1 rings (SSSR count). The van der Waals surface area contributed by atoms with Crippen molar-refractivity contribution < 1.29 is 4.74 Å². The molecule has 0 spiro atoms. The van der Waals surface area contributed by atoms with Gasteiger partial charge in [0.2, 0.25) is 0 Å². The molecule has 0 bridgehead atoms. The van der Waals surface area contributed by atoms with Crippen LogP contribution in [-0.2, 0) is 4.74 Å². The number of rotatable bonds is 7. The fraction of sp³-hybridized carbons (Fsp3) is 0.929. The molecule has 3 nitrogen and oxygen atoms in total. The molecule has 0 heterocycles. The lowest BCUT2D eigenvalue weighted by molar-refractivity contribution is 0.0758. The van der Waals surface area contributed by atoms with Crippen LogP contribution in [0, 0.1) is 17.2 Å². The molecule has 1 aliphatic rings. The van der Waals surface area contributed by atoms with Crippen LogP contribution in [0.2, 0.25) is 0 Å². The molecule has 0 aromatic heterocycles. The maximum Gasteiger partial charge on any atom is 0.0672 e. The molecule has 0 radical (unpaired) electrons. The van der Waals surface area contributed by atoms with Gasteiger partial charge in [0.1, 0.15) is 0 Å². The molecule has 0 saturated heterocycles. The molecule has 1 N–H and O–H groups in total. The van der Waals surface area contributed by atoms with E-state index in [4.69, 9.17) is 10.00 Å². The number of hydrogen-bond donors (Lipinski definition) is 1. The summed E-state index contributed by atoms with van der Waals surface area (Å²) in [6.07, 6.45) is 7.32. The lowest BCUT2D eigenvalue weighted by Crippen LogP contribution is -2.38. The largest absolute Gasteiger partial charge is 0.379 e. The van der Waals surface area contributed by atoms with E-state index in [2.05, 4.69) is 25.2 Å². The Hall–Kier alpha value is -0.590. The van der Waals surface area contributed by atoms with Crippen LogP contribution in [0.1, 0.15) is 52.4 Å². The highest BCUT2D eigenvalue weighted by Crippen LogP contribution is 2.23. The minimum atomic E-state index is 0.232. The van der Waals surface area contributed by atoms with Crippen molar-refractivity contribution >= 4 is 0 Å². The highest BCUT2D eigenvalue weighted by molar-refractivity contribution is 4.94. The molecule has 2 atom stereocenters. The second-order valence-electron chi connectivity index (χ2n) is 5.21. The van der Waals surface area contributed by atoms with E-state index in [1.54, 1.807) is 0 Å². The first-order valence-corrected chi connectivity index (χ1v) is 6.98. The van der Waals surface area contributed by atoms with Crippen molar-refractivity contribution in [2.45, 2.75) is 64.5 Å². The predicted octanol–water partition coefficient (Wildman–Crippen LogP) is 2.86. The number of unbranched alkanes of at least 4 members (excludes halogenated alkanes) is 1. The summed E-state index contributed by atoms with van der Waals surface area (Å²) in [5, 5.41) is 12.6. The molecule has 1 saturated carbocycles. The summed E-state index contributed by atoms with van der Waals surface area (Å²) in [6.45, 7) is 6.01. The topological polar surface area (TPSA) is 45.0 Å². The van der Waals surface area contributed by atoms with Gasteiger partial charge in [0.15, 0.2) is 0 Å². The van der Waals surface area contributed by atoms with E-state index in [0.29, 0.717) is 12.1 Å². The average Bonchev–Trinajstić information content (AvgIpc) is 2.33. The Morgan fingerprint density at radius 3 is 2.76 bits per heavy atom. The summed E-state index contributed by atoms with van der Waals surface area (Å²) < 4.78 is 5.50.